The number of nitrogens with zero attached hydrogens (tertiary/aromatic N) is 3. The molecule has 1 aromatic rings. The number of aryl methyl sites for hydroxylation is 2. The molecule has 0 aliphatic heterocycles. The summed E-state index contributed by atoms with van der Waals surface area (Å²) >= 11 is 0. The SMILES string of the molecule is Cc1nnc(NCCOCCC(C)C)nc1C. The highest BCUT2D eigenvalue weighted by molar-refractivity contribution is 5.24. The Hall–Kier alpha value is -1.23. The van der Waals surface area contributed by atoms with Gasteiger partial charge in [0.05, 0.1) is 18.0 Å². The van der Waals surface area contributed by atoms with Gasteiger partial charge in [0.1, 0.15) is 0 Å². The minimum atomic E-state index is 0.570. The van der Waals surface area contributed by atoms with Crippen LogP contribution in [0.3, 0.4) is 0 Å². The van der Waals surface area contributed by atoms with Crippen molar-refractivity contribution < 1.29 is 4.74 Å². The van der Waals surface area contributed by atoms with Gasteiger partial charge in [-0.15, -0.1) is 5.10 Å². The molecule has 17 heavy (non-hydrogen) atoms. The van der Waals surface area contributed by atoms with Gasteiger partial charge in [-0.05, 0) is 26.2 Å². The van der Waals surface area contributed by atoms with Crippen molar-refractivity contribution in [3.05, 3.63) is 11.4 Å². The molecular weight excluding hydrogens is 216 g/mol. The fourth-order valence-electron chi connectivity index (χ4n) is 1.19. The Bertz CT molecular complexity index is 341. The lowest BCUT2D eigenvalue weighted by Crippen LogP contribution is -2.13. The predicted molar refractivity (Wildman–Crippen MR) is 68.1 cm³/mol. The van der Waals surface area contributed by atoms with Gasteiger partial charge in [0, 0.05) is 13.2 Å². The molecule has 0 spiro atoms. The highest BCUT2D eigenvalue weighted by Crippen LogP contribution is 2.01. The molecule has 5 heteroatoms. The standard InChI is InChI=1S/C12H22N4O/c1-9(2)5-7-17-8-6-13-12-14-10(3)11(4)15-16-12/h9H,5-8H2,1-4H3,(H,13,14,16). The van der Waals surface area contributed by atoms with E-state index in [1.165, 1.54) is 0 Å². The molecule has 1 aromatic heterocycles. The summed E-state index contributed by atoms with van der Waals surface area (Å²) in [7, 11) is 0. The van der Waals surface area contributed by atoms with Crippen molar-refractivity contribution >= 4 is 5.95 Å². The maximum atomic E-state index is 5.48. The summed E-state index contributed by atoms with van der Waals surface area (Å²) in [5.41, 5.74) is 1.77. The maximum absolute atomic E-state index is 5.48. The van der Waals surface area contributed by atoms with Crippen molar-refractivity contribution in [2.24, 2.45) is 5.92 Å². The first-order chi connectivity index (χ1) is 8.09. The van der Waals surface area contributed by atoms with Crippen LogP contribution in [0, 0.1) is 19.8 Å². The smallest absolute Gasteiger partial charge is 0.243 e. The van der Waals surface area contributed by atoms with Crippen LogP contribution in [0.15, 0.2) is 0 Å². The number of aromatic nitrogens is 3. The van der Waals surface area contributed by atoms with Crippen LogP contribution in [0.25, 0.3) is 0 Å². The third kappa shape index (κ3) is 5.58. The molecule has 0 aliphatic carbocycles. The van der Waals surface area contributed by atoms with Crippen LogP contribution in [0.2, 0.25) is 0 Å². The third-order valence-corrected chi connectivity index (χ3v) is 2.46. The Morgan fingerprint density at radius 1 is 1.12 bits per heavy atom. The minimum absolute atomic E-state index is 0.570. The van der Waals surface area contributed by atoms with Gasteiger partial charge in [-0.2, -0.15) is 5.10 Å². The van der Waals surface area contributed by atoms with Crippen LogP contribution in [0.1, 0.15) is 31.7 Å². The molecule has 0 aromatic carbocycles. The van der Waals surface area contributed by atoms with Crippen molar-refractivity contribution in [2.45, 2.75) is 34.1 Å². The van der Waals surface area contributed by atoms with E-state index in [0.717, 1.165) is 24.4 Å². The summed E-state index contributed by atoms with van der Waals surface area (Å²) in [5, 5.41) is 11.0. The van der Waals surface area contributed by atoms with E-state index in [2.05, 4.69) is 34.3 Å². The van der Waals surface area contributed by atoms with E-state index in [1.54, 1.807) is 0 Å². The molecule has 0 radical (unpaired) electrons. The second-order valence-electron chi connectivity index (χ2n) is 4.53. The normalized spacial score (nSPS) is 10.9. The van der Waals surface area contributed by atoms with Crippen molar-refractivity contribution in [3.63, 3.8) is 0 Å². The predicted octanol–water partition coefficient (Wildman–Crippen LogP) is 1.96. The Labute approximate surface area is 103 Å². The van der Waals surface area contributed by atoms with Gasteiger partial charge < -0.3 is 10.1 Å². The van der Waals surface area contributed by atoms with Crippen LogP contribution < -0.4 is 5.32 Å². The van der Waals surface area contributed by atoms with Gasteiger partial charge in [0.15, 0.2) is 0 Å². The second kappa shape index (κ2) is 7.17. The molecule has 5 nitrogen and oxygen atoms in total. The van der Waals surface area contributed by atoms with E-state index in [0.29, 0.717) is 25.0 Å². The summed E-state index contributed by atoms with van der Waals surface area (Å²) in [6.45, 7) is 10.4. The van der Waals surface area contributed by atoms with Gasteiger partial charge in [0.2, 0.25) is 5.95 Å². The monoisotopic (exact) mass is 238 g/mol. The van der Waals surface area contributed by atoms with Crippen LogP contribution in [0.5, 0.6) is 0 Å². The highest BCUT2D eigenvalue weighted by atomic mass is 16.5. The van der Waals surface area contributed by atoms with E-state index < -0.39 is 0 Å². The molecule has 1 N–H and O–H groups in total. The molecule has 0 saturated carbocycles. The van der Waals surface area contributed by atoms with Crippen molar-refractivity contribution in [2.75, 3.05) is 25.1 Å². The molecule has 0 aliphatic rings. The lowest BCUT2D eigenvalue weighted by molar-refractivity contribution is 0.132. The van der Waals surface area contributed by atoms with Gasteiger partial charge in [-0.1, -0.05) is 13.8 Å². The summed E-state index contributed by atoms with van der Waals surface area (Å²) in [4.78, 5) is 4.28. The van der Waals surface area contributed by atoms with Crippen molar-refractivity contribution in [1.82, 2.24) is 15.2 Å². The third-order valence-electron chi connectivity index (χ3n) is 2.46. The Morgan fingerprint density at radius 2 is 1.88 bits per heavy atom. The van der Waals surface area contributed by atoms with Crippen LogP contribution in [-0.4, -0.2) is 34.9 Å². The molecule has 1 rings (SSSR count). The topological polar surface area (TPSA) is 59.9 Å². The fourth-order valence-corrected chi connectivity index (χ4v) is 1.19. The molecule has 0 atom stereocenters. The minimum Gasteiger partial charge on any atom is -0.380 e. The van der Waals surface area contributed by atoms with Gasteiger partial charge >= 0.3 is 0 Å². The molecule has 0 fully saturated rings. The van der Waals surface area contributed by atoms with E-state index in [-0.39, 0.29) is 0 Å². The molecule has 0 unspecified atom stereocenters. The quantitative estimate of drug-likeness (QED) is 0.736. The summed E-state index contributed by atoms with van der Waals surface area (Å²) < 4.78 is 5.48. The molecule has 1 heterocycles. The second-order valence-corrected chi connectivity index (χ2v) is 4.53. The van der Waals surface area contributed by atoms with Crippen LogP contribution in [-0.2, 0) is 4.74 Å². The number of hydrogen-bond donors (Lipinski definition) is 1. The number of nitrogens with one attached hydrogen (secondary N) is 1. The van der Waals surface area contributed by atoms with E-state index >= 15 is 0 Å². The molecule has 0 bridgehead atoms. The maximum Gasteiger partial charge on any atom is 0.243 e. The lowest BCUT2D eigenvalue weighted by atomic mass is 10.1. The molecule has 0 amide bonds. The van der Waals surface area contributed by atoms with Crippen molar-refractivity contribution in [3.8, 4) is 0 Å². The zero-order chi connectivity index (χ0) is 12.7. The summed E-state index contributed by atoms with van der Waals surface area (Å²) in [6.07, 6.45) is 1.10. The zero-order valence-corrected chi connectivity index (χ0v) is 11.2. The number of rotatable bonds is 7. The average molecular weight is 238 g/mol. The van der Waals surface area contributed by atoms with Crippen molar-refractivity contribution in [1.29, 1.82) is 0 Å². The first kappa shape index (κ1) is 13.8. The zero-order valence-electron chi connectivity index (χ0n) is 11.2. The number of hydrogen-bond acceptors (Lipinski definition) is 5. The van der Waals surface area contributed by atoms with E-state index in [1.807, 2.05) is 13.8 Å². The largest absolute Gasteiger partial charge is 0.380 e. The number of anilines is 1. The summed E-state index contributed by atoms with van der Waals surface area (Å²) in [6, 6.07) is 0. The highest BCUT2D eigenvalue weighted by Gasteiger charge is 2.00. The van der Waals surface area contributed by atoms with Gasteiger partial charge in [-0.3, -0.25) is 0 Å². The molecule has 96 valence electrons. The summed E-state index contributed by atoms with van der Waals surface area (Å²) in [5.74, 6) is 1.26. The van der Waals surface area contributed by atoms with Gasteiger partial charge in [0.25, 0.3) is 0 Å². The Balaban J connectivity index is 2.16. The van der Waals surface area contributed by atoms with E-state index in [9.17, 15) is 0 Å². The fraction of sp³-hybridized carbons (Fsp3) is 0.750. The van der Waals surface area contributed by atoms with Crippen LogP contribution >= 0.6 is 0 Å². The number of ether oxygens (including phenoxy) is 1. The Morgan fingerprint density at radius 3 is 2.53 bits per heavy atom. The first-order valence-electron chi connectivity index (χ1n) is 6.09. The average Bonchev–Trinajstić information content (AvgIpc) is 2.27. The lowest BCUT2D eigenvalue weighted by Gasteiger charge is -2.07. The molecular formula is C12H22N4O. The Kier molecular flexibility index (Phi) is 5.83. The first-order valence-corrected chi connectivity index (χ1v) is 6.09. The molecule has 0 saturated heterocycles. The van der Waals surface area contributed by atoms with Crippen LogP contribution in [0.4, 0.5) is 5.95 Å². The van der Waals surface area contributed by atoms with Gasteiger partial charge in [-0.25, -0.2) is 4.98 Å². The van der Waals surface area contributed by atoms with E-state index in [4.69, 9.17) is 4.74 Å².